The molecule has 0 aliphatic carbocycles. The first-order valence-corrected chi connectivity index (χ1v) is 6.81. The van der Waals surface area contributed by atoms with E-state index < -0.39 is 0 Å². The fourth-order valence-electron chi connectivity index (χ4n) is 1.91. The van der Waals surface area contributed by atoms with E-state index in [0.29, 0.717) is 39.3 Å². The molecule has 0 aromatic heterocycles. The van der Waals surface area contributed by atoms with Gasteiger partial charge < -0.3 is 19.7 Å². The van der Waals surface area contributed by atoms with Gasteiger partial charge in [0.05, 0.1) is 19.1 Å². The van der Waals surface area contributed by atoms with Crippen LogP contribution in [0.5, 0.6) is 0 Å². The van der Waals surface area contributed by atoms with Crippen molar-refractivity contribution in [3.05, 3.63) is 0 Å². The molecule has 1 unspecified atom stereocenters. The van der Waals surface area contributed by atoms with E-state index in [4.69, 9.17) is 9.47 Å². The lowest BCUT2D eigenvalue weighted by Crippen LogP contribution is -2.53. The SMILES string of the molecule is CCC(=O)NCCOCCC1CN(CCOC)C1=O. The lowest BCUT2D eigenvalue weighted by Gasteiger charge is -2.38. The summed E-state index contributed by atoms with van der Waals surface area (Å²) in [5.41, 5.74) is 0. The molecule has 6 heteroatoms. The van der Waals surface area contributed by atoms with E-state index in [1.54, 1.807) is 12.0 Å². The summed E-state index contributed by atoms with van der Waals surface area (Å²) in [6.07, 6.45) is 1.25. The number of β-lactam (4-membered cyclic amide) rings is 1. The molecule has 0 aromatic rings. The summed E-state index contributed by atoms with van der Waals surface area (Å²) in [4.78, 5) is 24.4. The van der Waals surface area contributed by atoms with Gasteiger partial charge in [0.15, 0.2) is 0 Å². The number of ether oxygens (including phenoxy) is 2. The average molecular weight is 272 g/mol. The number of likely N-dealkylation sites (tertiary alicyclic amines) is 1. The Morgan fingerprint density at radius 2 is 2.21 bits per heavy atom. The molecule has 0 bridgehead atoms. The molecule has 110 valence electrons. The number of nitrogens with zero attached hydrogens (tertiary/aromatic N) is 1. The second-order valence-electron chi connectivity index (χ2n) is 4.58. The van der Waals surface area contributed by atoms with E-state index in [-0.39, 0.29) is 17.7 Å². The molecule has 1 heterocycles. The lowest BCUT2D eigenvalue weighted by molar-refractivity contribution is -0.149. The van der Waals surface area contributed by atoms with Crippen LogP contribution in [-0.2, 0) is 19.1 Å². The standard InChI is InChI=1S/C13H24N2O4/c1-3-12(16)14-5-8-19-7-4-11-10-15(13(11)17)6-9-18-2/h11H,3-10H2,1-2H3,(H,14,16). The molecule has 1 saturated heterocycles. The van der Waals surface area contributed by atoms with Crippen molar-refractivity contribution in [2.75, 3.05) is 46.6 Å². The van der Waals surface area contributed by atoms with E-state index in [1.165, 1.54) is 0 Å². The van der Waals surface area contributed by atoms with Gasteiger partial charge in [0.2, 0.25) is 11.8 Å². The van der Waals surface area contributed by atoms with Crippen LogP contribution >= 0.6 is 0 Å². The number of carbonyl (C=O) groups is 2. The molecule has 1 N–H and O–H groups in total. The first kappa shape index (κ1) is 15.9. The van der Waals surface area contributed by atoms with Crippen molar-refractivity contribution in [1.29, 1.82) is 0 Å². The van der Waals surface area contributed by atoms with Crippen molar-refractivity contribution in [2.24, 2.45) is 5.92 Å². The third-order valence-corrected chi connectivity index (χ3v) is 3.17. The van der Waals surface area contributed by atoms with Gasteiger partial charge in [0.1, 0.15) is 0 Å². The van der Waals surface area contributed by atoms with Crippen LogP contribution in [0, 0.1) is 5.92 Å². The Morgan fingerprint density at radius 3 is 2.84 bits per heavy atom. The van der Waals surface area contributed by atoms with E-state index >= 15 is 0 Å². The molecule has 6 nitrogen and oxygen atoms in total. The molecular weight excluding hydrogens is 248 g/mol. The number of carbonyl (C=O) groups excluding carboxylic acids is 2. The Bertz CT molecular complexity index is 296. The maximum Gasteiger partial charge on any atom is 0.227 e. The molecule has 0 aromatic carbocycles. The van der Waals surface area contributed by atoms with Gasteiger partial charge in [-0.25, -0.2) is 0 Å². The minimum absolute atomic E-state index is 0.0338. The van der Waals surface area contributed by atoms with E-state index in [2.05, 4.69) is 5.32 Å². The van der Waals surface area contributed by atoms with Gasteiger partial charge in [-0.3, -0.25) is 9.59 Å². The second kappa shape index (κ2) is 8.87. The first-order valence-electron chi connectivity index (χ1n) is 6.81. The van der Waals surface area contributed by atoms with Crippen LogP contribution in [0.4, 0.5) is 0 Å². The number of hydrogen-bond donors (Lipinski definition) is 1. The number of amides is 2. The summed E-state index contributed by atoms with van der Waals surface area (Å²) >= 11 is 0. The van der Waals surface area contributed by atoms with Crippen LogP contribution in [-0.4, -0.2) is 63.3 Å². The van der Waals surface area contributed by atoms with Gasteiger partial charge in [0.25, 0.3) is 0 Å². The zero-order chi connectivity index (χ0) is 14.1. The van der Waals surface area contributed by atoms with Gasteiger partial charge in [-0.2, -0.15) is 0 Å². The van der Waals surface area contributed by atoms with Crippen molar-refractivity contribution >= 4 is 11.8 Å². The minimum Gasteiger partial charge on any atom is -0.383 e. The zero-order valence-corrected chi connectivity index (χ0v) is 11.8. The molecule has 1 fully saturated rings. The highest BCUT2D eigenvalue weighted by Gasteiger charge is 2.35. The normalized spacial score (nSPS) is 18.3. The Balaban J connectivity index is 1.94. The van der Waals surface area contributed by atoms with Gasteiger partial charge in [-0.15, -0.1) is 0 Å². The predicted molar refractivity (Wildman–Crippen MR) is 70.7 cm³/mol. The van der Waals surface area contributed by atoms with Gasteiger partial charge in [-0.1, -0.05) is 6.92 Å². The number of hydrogen-bond acceptors (Lipinski definition) is 4. The third kappa shape index (κ3) is 5.57. The molecule has 2 amide bonds. The van der Waals surface area contributed by atoms with E-state index in [1.807, 2.05) is 6.92 Å². The van der Waals surface area contributed by atoms with Crippen molar-refractivity contribution in [1.82, 2.24) is 10.2 Å². The Hall–Kier alpha value is -1.14. The van der Waals surface area contributed by atoms with Crippen molar-refractivity contribution in [3.8, 4) is 0 Å². The Morgan fingerprint density at radius 1 is 1.42 bits per heavy atom. The summed E-state index contributed by atoms with van der Waals surface area (Å²) in [7, 11) is 1.63. The highest BCUT2D eigenvalue weighted by atomic mass is 16.5. The maximum absolute atomic E-state index is 11.7. The predicted octanol–water partition coefficient (Wildman–Crippen LogP) is 0.0241. The van der Waals surface area contributed by atoms with Crippen LogP contribution < -0.4 is 5.32 Å². The fourth-order valence-corrected chi connectivity index (χ4v) is 1.91. The molecular formula is C13H24N2O4. The highest BCUT2D eigenvalue weighted by Crippen LogP contribution is 2.20. The third-order valence-electron chi connectivity index (χ3n) is 3.17. The quantitative estimate of drug-likeness (QED) is 0.450. The van der Waals surface area contributed by atoms with Crippen LogP contribution in [0.25, 0.3) is 0 Å². The maximum atomic E-state index is 11.7. The highest BCUT2D eigenvalue weighted by molar-refractivity contribution is 5.84. The smallest absolute Gasteiger partial charge is 0.227 e. The van der Waals surface area contributed by atoms with Crippen molar-refractivity contribution < 1.29 is 19.1 Å². The molecule has 0 saturated carbocycles. The van der Waals surface area contributed by atoms with Crippen LogP contribution in [0.3, 0.4) is 0 Å². The first-order chi connectivity index (χ1) is 9.19. The topological polar surface area (TPSA) is 67.9 Å². The molecule has 1 rings (SSSR count). The van der Waals surface area contributed by atoms with Gasteiger partial charge >= 0.3 is 0 Å². The minimum atomic E-state index is 0.0338. The van der Waals surface area contributed by atoms with Gasteiger partial charge in [0, 0.05) is 39.8 Å². The summed E-state index contributed by atoms with van der Waals surface area (Å²) in [5, 5.41) is 2.73. The van der Waals surface area contributed by atoms with E-state index in [9.17, 15) is 9.59 Å². The molecule has 0 spiro atoms. The summed E-state index contributed by atoms with van der Waals surface area (Å²) in [6, 6.07) is 0. The fraction of sp³-hybridized carbons (Fsp3) is 0.846. The van der Waals surface area contributed by atoms with Crippen molar-refractivity contribution in [3.63, 3.8) is 0 Å². The molecule has 19 heavy (non-hydrogen) atoms. The van der Waals surface area contributed by atoms with Crippen molar-refractivity contribution in [2.45, 2.75) is 19.8 Å². The summed E-state index contributed by atoms with van der Waals surface area (Å²) in [6.45, 7) is 5.48. The summed E-state index contributed by atoms with van der Waals surface area (Å²) < 4.78 is 10.3. The van der Waals surface area contributed by atoms with Crippen LogP contribution in [0.2, 0.25) is 0 Å². The summed E-state index contributed by atoms with van der Waals surface area (Å²) in [5.74, 6) is 0.327. The molecule has 1 aliphatic rings. The molecule has 1 aliphatic heterocycles. The number of methoxy groups -OCH3 is 1. The average Bonchev–Trinajstić information content (AvgIpc) is 2.43. The molecule has 1 atom stereocenters. The monoisotopic (exact) mass is 272 g/mol. The van der Waals surface area contributed by atoms with Crippen LogP contribution in [0.15, 0.2) is 0 Å². The Labute approximate surface area is 114 Å². The largest absolute Gasteiger partial charge is 0.383 e. The van der Waals surface area contributed by atoms with Gasteiger partial charge in [-0.05, 0) is 6.42 Å². The van der Waals surface area contributed by atoms with Crippen LogP contribution in [0.1, 0.15) is 19.8 Å². The Kier molecular flexibility index (Phi) is 7.43. The van der Waals surface area contributed by atoms with E-state index in [0.717, 1.165) is 13.0 Å². The zero-order valence-electron chi connectivity index (χ0n) is 11.8. The second-order valence-corrected chi connectivity index (χ2v) is 4.58. The number of nitrogens with one attached hydrogen (secondary N) is 1. The number of rotatable bonds is 10. The lowest BCUT2D eigenvalue weighted by atomic mass is 9.95. The molecule has 0 radical (unpaired) electrons.